The number of nitrogens with zero attached hydrogens (tertiary/aromatic N) is 1. The Balaban J connectivity index is 2.27. The lowest BCUT2D eigenvalue weighted by Gasteiger charge is -2.02. The molecule has 0 spiro atoms. The second kappa shape index (κ2) is 7.26. The van der Waals surface area contributed by atoms with Gasteiger partial charge in [0, 0.05) is 16.7 Å². The van der Waals surface area contributed by atoms with Crippen molar-refractivity contribution >= 4 is 40.7 Å². The van der Waals surface area contributed by atoms with Crippen LogP contribution in [0.15, 0.2) is 42.5 Å². The zero-order valence-corrected chi connectivity index (χ0v) is 13.5. The Morgan fingerprint density at radius 3 is 2.57 bits per heavy atom. The Kier molecular flexibility index (Phi) is 5.36. The van der Waals surface area contributed by atoms with Gasteiger partial charge in [-0.15, -0.1) is 0 Å². The molecule has 23 heavy (non-hydrogen) atoms. The number of rotatable bonds is 5. The van der Waals surface area contributed by atoms with Crippen LogP contribution in [-0.4, -0.2) is 17.8 Å². The third kappa shape index (κ3) is 4.09. The molecule has 2 rings (SSSR count). The fraction of sp³-hybridized carbons (Fsp3) is 0.0625. The van der Waals surface area contributed by atoms with Gasteiger partial charge in [0.2, 0.25) is 0 Å². The van der Waals surface area contributed by atoms with E-state index in [-0.39, 0.29) is 22.2 Å². The first kappa shape index (κ1) is 17.0. The van der Waals surface area contributed by atoms with Gasteiger partial charge in [-0.05, 0) is 35.9 Å². The summed E-state index contributed by atoms with van der Waals surface area (Å²) >= 11 is 11.7. The highest BCUT2D eigenvalue weighted by atomic mass is 35.5. The van der Waals surface area contributed by atoms with Crippen molar-refractivity contribution in [3.05, 3.63) is 73.8 Å². The summed E-state index contributed by atoms with van der Waals surface area (Å²) in [5, 5.41) is 11.6. The number of carbonyl (C=O) groups is 1. The summed E-state index contributed by atoms with van der Waals surface area (Å²) in [7, 11) is 1.35. The molecule has 0 atom stereocenters. The quantitative estimate of drug-likeness (QED) is 0.335. The number of nitro groups is 1. The van der Waals surface area contributed by atoms with E-state index >= 15 is 0 Å². The number of benzene rings is 2. The SMILES string of the molecule is COc1ccc(/C=C/C(=O)c2ccc(Cl)cc2Cl)cc1[N+](=O)[O-]. The molecule has 0 fully saturated rings. The third-order valence-corrected chi connectivity index (χ3v) is 3.57. The minimum atomic E-state index is -0.548. The summed E-state index contributed by atoms with van der Waals surface area (Å²) in [4.78, 5) is 22.5. The van der Waals surface area contributed by atoms with Crippen molar-refractivity contribution in [3.63, 3.8) is 0 Å². The van der Waals surface area contributed by atoms with Gasteiger partial charge in [0.1, 0.15) is 0 Å². The van der Waals surface area contributed by atoms with Gasteiger partial charge in [-0.25, -0.2) is 0 Å². The van der Waals surface area contributed by atoms with Crippen LogP contribution in [0.2, 0.25) is 10.0 Å². The molecule has 0 unspecified atom stereocenters. The van der Waals surface area contributed by atoms with Crippen LogP contribution in [0.4, 0.5) is 5.69 Å². The van der Waals surface area contributed by atoms with Gasteiger partial charge in [0.15, 0.2) is 11.5 Å². The summed E-state index contributed by atoms with van der Waals surface area (Å²) in [6, 6.07) is 8.96. The van der Waals surface area contributed by atoms with E-state index in [1.807, 2.05) is 0 Å². The van der Waals surface area contributed by atoms with Crippen LogP contribution in [0.25, 0.3) is 6.08 Å². The maximum atomic E-state index is 12.1. The molecular weight excluding hydrogens is 341 g/mol. The fourth-order valence-corrected chi connectivity index (χ4v) is 2.41. The van der Waals surface area contributed by atoms with Crippen LogP contribution in [0.3, 0.4) is 0 Å². The second-order valence-corrected chi connectivity index (χ2v) is 5.35. The number of halogens is 2. The molecule has 0 heterocycles. The van der Waals surface area contributed by atoms with Crippen molar-refractivity contribution in [2.45, 2.75) is 0 Å². The number of methoxy groups -OCH3 is 1. The molecule has 0 radical (unpaired) electrons. The zero-order chi connectivity index (χ0) is 17.0. The summed E-state index contributed by atoms with van der Waals surface area (Å²) < 4.78 is 4.92. The molecule has 118 valence electrons. The smallest absolute Gasteiger partial charge is 0.311 e. The number of nitro benzene ring substituents is 1. The first-order valence-corrected chi connectivity index (χ1v) is 7.18. The van der Waals surface area contributed by atoms with Crippen molar-refractivity contribution < 1.29 is 14.5 Å². The molecule has 0 amide bonds. The van der Waals surface area contributed by atoms with E-state index < -0.39 is 4.92 Å². The average molecular weight is 352 g/mol. The lowest BCUT2D eigenvalue weighted by molar-refractivity contribution is -0.385. The van der Waals surface area contributed by atoms with Crippen LogP contribution in [0.1, 0.15) is 15.9 Å². The fourth-order valence-electron chi connectivity index (χ4n) is 1.90. The van der Waals surface area contributed by atoms with E-state index in [1.54, 1.807) is 12.1 Å². The van der Waals surface area contributed by atoms with Gasteiger partial charge in [0.05, 0.1) is 17.1 Å². The van der Waals surface area contributed by atoms with E-state index in [1.165, 1.54) is 43.5 Å². The maximum absolute atomic E-state index is 12.1. The van der Waals surface area contributed by atoms with E-state index in [0.717, 1.165) is 0 Å². The molecule has 0 aromatic heterocycles. The highest BCUT2D eigenvalue weighted by Crippen LogP contribution is 2.28. The van der Waals surface area contributed by atoms with E-state index in [0.29, 0.717) is 16.1 Å². The first-order chi connectivity index (χ1) is 10.9. The Bertz CT molecular complexity index is 803. The second-order valence-electron chi connectivity index (χ2n) is 4.51. The van der Waals surface area contributed by atoms with Crippen LogP contribution in [-0.2, 0) is 0 Å². The van der Waals surface area contributed by atoms with E-state index in [4.69, 9.17) is 27.9 Å². The zero-order valence-electron chi connectivity index (χ0n) is 12.0. The number of carbonyl (C=O) groups excluding carboxylic acids is 1. The summed E-state index contributed by atoms with van der Waals surface area (Å²) in [6.45, 7) is 0. The number of hydrogen-bond acceptors (Lipinski definition) is 4. The average Bonchev–Trinajstić information content (AvgIpc) is 2.52. The van der Waals surface area contributed by atoms with Crippen molar-refractivity contribution in [2.24, 2.45) is 0 Å². The predicted octanol–water partition coefficient (Wildman–Crippen LogP) is 4.81. The molecular formula is C16H11Cl2NO4. The van der Waals surface area contributed by atoms with Gasteiger partial charge in [-0.3, -0.25) is 14.9 Å². The van der Waals surface area contributed by atoms with E-state index in [2.05, 4.69) is 0 Å². The topological polar surface area (TPSA) is 69.4 Å². The molecule has 0 aliphatic heterocycles. The highest BCUT2D eigenvalue weighted by Gasteiger charge is 2.14. The van der Waals surface area contributed by atoms with Crippen molar-refractivity contribution in [3.8, 4) is 5.75 Å². The Hall–Kier alpha value is -2.37. The van der Waals surface area contributed by atoms with Crippen LogP contribution < -0.4 is 4.74 Å². The monoisotopic (exact) mass is 351 g/mol. The van der Waals surface area contributed by atoms with Crippen LogP contribution in [0.5, 0.6) is 5.75 Å². The van der Waals surface area contributed by atoms with Crippen LogP contribution in [0, 0.1) is 10.1 Å². The lowest BCUT2D eigenvalue weighted by Crippen LogP contribution is -1.96. The Morgan fingerprint density at radius 2 is 1.96 bits per heavy atom. The van der Waals surface area contributed by atoms with Gasteiger partial charge in [0.25, 0.3) is 0 Å². The normalized spacial score (nSPS) is 10.7. The predicted molar refractivity (Wildman–Crippen MR) is 89.5 cm³/mol. The minimum absolute atomic E-state index is 0.152. The largest absolute Gasteiger partial charge is 0.490 e. The molecule has 0 saturated carbocycles. The molecule has 2 aromatic rings. The third-order valence-electron chi connectivity index (χ3n) is 3.02. The minimum Gasteiger partial charge on any atom is -0.490 e. The summed E-state index contributed by atoms with van der Waals surface area (Å²) in [6.07, 6.45) is 2.76. The number of allylic oxidation sites excluding steroid dienone is 1. The van der Waals surface area contributed by atoms with Crippen LogP contribution >= 0.6 is 23.2 Å². The van der Waals surface area contributed by atoms with Crippen molar-refractivity contribution in [2.75, 3.05) is 7.11 Å². The molecule has 0 N–H and O–H groups in total. The van der Waals surface area contributed by atoms with Gasteiger partial charge >= 0.3 is 5.69 Å². The molecule has 0 aliphatic rings. The number of hydrogen-bond donors (Lipinski definition) is 0. The molecule has 7 heteroatoms. The van der Waals surface area contributed by atoms with Gasteiger partial charge < -0.3 is 4.74 Å². The van der Waals surface area contributed by atoms with Gasteiger partial charge in [-0.2, -0.15) is 0 Å². The van der Waals surface area contributed by atoms with Crippen molar-refractivity contribution in [1.82, 2.24) is 0 Å². The maximum Gasteiger partial charge on any atom is 0.311 e. The number of ketones is 1. The Morgan fingerprint density at radius 1 is 1.22 bits per heavy atom. The Labute approximate surface area is 142 Å². The summed E-state index contributed by atoms with van der Waals surface area (Å²) in [5.41, 5.74) is 0.623. The first-order valence-electron chi connectivity index (χ1n) is 6.42. The highest BCUT2D eigenvalue weighted by molar-refractivity contribution is 6.37. The molecule has 0 aliphatic carbocycles. The molecule has 5 nitrogen and oxygen atoms in total. The standard InChI is InChI=1S/C16H11Cl2NO4/c1-23-16-7-3-10(8-14(16)19(21)22)2-6-15(20)12-5-4-11(17)9-13(12)18/h2-9H,1H3/b6-2+. The van der Waals surface area contributed by atoms with E-state index in [9.17, 15) is 14.9 Å². The summed E-state index contributed by atoms with van der Waals surface area (Å²) in [5.74, 6) is -0.177. The molecule has 0 bridgehead atoms. The molecule has 0 saturated heterocycles. The lowest BCUT2D eigenvalue weighted by atomic mass is 10.1. The number of ether oxygens (including phenoxy) is 1. The van der Waals surface area contributed by atoms with Gasteiger partial charge in [-0.1, -0.05) is 35.3 Å². The van der Waals surface area contributed by atoms with Crippen molar-refractivity contribution in [1.29, 1.82) is 0 Å². The molecule has 2 aromatic carbocycles.